The van der Waals surface area contributed by atoms with Crippen molar-refractivity contribution in [2.45, 2.75) is 18.8 Å². The Balaban J connectivity index is 0.00000240. The normalized spacial score (nSPS) is 14.3. The Bertz CT molecular complexity index is 985. The van der Waals surface area contributed by atoms with Gasteiger partial charge >= 0.3 is 0 Å². The van der Waals surface area contributed by atoms with E-state index >= 15 is 0 Å². The fourth-order valence-electron chi connectivity index (χ4n) is 3.56. The molecule has 0 spiro atoms. The van der Waals surface area contributed by atoms with Crippen LogP contribution in [0.3, 0.4) is 0 Å². The zero-order chi connectivity index (χ0) is 19.5. The number of para-hydroxylation sites is 1. The van der Waals surface area contributed by atoms with Gasteiger partial charge in [0.25, 0.3) is 5.91 Å². The van der Waals surface area contributed by atoms with Crippen LogP contribution in [0.15, 0.2) is 54.7 Å². The zero-order valence-corrected chi connectivity index (χ0v) is 17.1. The monoisotopic (exact) mass is 434 g/mol. The van der Waals surface area contributed by atoms with E-state index in [0.717, 1.165) is 37.3 Å². The van der Waals surface area contributed by atoms with Gasteiger partial charge in [-0.05, 0) is 62.3 Å². The average Bonchev–Trinajstić information content (AvgIpc) is 3.16. The topological polar surface area (TPSA) is 59.0 Å². The second-order valence-electron chi connectivity index (χ2n) is 6.79. The maximum absolute atomic E-state index is 14.0. The SMILES string of the molecule is Cl.O=C(Nc1ccccc1F)c1cnn(-c2ccc(Cl)cc2)c1C1CCNCC1. The summed E-state index contributed by atoms with van der Waals surface area (Å²) in [6.45, 7) is 1.76. The first-order valence-corrected chi connectivity index (χ1v) is 9.62. The van der Waals surface area contributed by atoms with Gasteiger partial charge in [-0.15, -0.1) is 12.4 Å². The molecule has 29 heavy (non-hydrogen) atoms. The van der Waals surface area contributed by atoms with Crippen LogP contribution in [0.2, 0.25) is 5.02 Å². The minimum atomic E-state index is -0.468. The molecule has 8 heteroatoms. The molecule has 1 aromatic heterocycles. The lowest BCUT2D eigenvalue weighted by atomic mass is 9.91. The second kappa shape index (κ2) is 9.39. The van der Waals surface area contributed by atoms with Crippen LogP contribution >= 0.6 is 24.0 Å². The zero-order valence-electron chi connectivity index (χ0n) is 15.6. The fraction of sp³-hybridized carbons (Fsp3) is 0.238. The summed E-state index contributed by atoms with van der Waals surface area (Å²) in [7, 11) is 0. The summed E-state index contributed by atoms with van der Waals surface area (Å²) in [5.41, 5.74) is 2.30. The number of amides is 1. The summed E-state index contributed by atoms with van der Waals surface area (Å²) in [4.78, 5) is 13.0. The van der Waals surface area contributed by atoms with E-state index in [0.29, 0.717) is 10.6 Å². The molecule has 2 N–H and O–H groups in total. The number of carbonyl (C=O) groups excluding carboxylic acids is 1. The van der Waals surface area contributed by atoms with Crippen molar-refractivity contribution in [1.29, 1.82) is 0 Å². The molecule has 0 saturated carbocycles. The quantitative estimate of drug-likeness (QED) is 0.619. The number of rotatable bonds is 4. The second-order valence-corrected chi connectivity index (χ2v) is 7.23. The number of nitrogens with one attached hydrogen (secondary N) is 2. The first kappa shape index (κ1) is 21.3. The molecule has 0 bridgehead atoms. The molecule has 0 aliphatic carbocycles. The van der Waals surface area contributed by atoms with Gasteiger partial charge in [-0.1, -0.05) is 23.7 Å². The Morgan fingerprint density at radius 1 is 1.14 bits per heavy atom. The Labute approximate surface area is 179 Å². The summed E-state index contributed by atoms with van der Waals surface area (Å²) in [6.07, 6.45) is 3.36. The van der Waals surface area contributed by atoms with E-state index in [1.165, 1.54) is 6.07 Å². The summed E-state index contributed by atoms with van der Waals surface area (Å²) in [5, 5.41) is 11.1. The first-order chi connectivity index (χ1) is 13.6. The molecule has 2 aromatic carbocycles. The van der Waals surface area contributed by atoms with Crippen molar-refractivity contribution in [1.82, 2.24) is 15.1 Å². The number of hydrogen-bond acceptors (Lipinski definition) is 3. The van der Waals surface area contributed by atoms with E-state index in [-0.39, 0.29) is 29.9 Å². The van der Waals surface area contributed by atoms with Crippen molar-refractivity contribution in [3.05, 3.63) is 76.8 Å². The molecule has 0 atom stereocenters. The van der Waals surface area contributed by atoms with E-state index in [1.807, 2.05) is 12.1 Å². The predicted molar refractivity (Wildman–Crippen MR) is 115 cm³/mol. The first-order valence-electron chi connectivity index (χ1n) is 9.24. The number of nitrogens with zero attached hydrogens (tertiary/aromatic N) is 2. The van der Waals surface area contributed by atoms with Crippen molar-refractivity contribution in [3.8, 4) is 5.69 Å². The number of benzene rings is 2. The number of anilines is 1. The number of halogens is 3. The van der Waals surface area contributed by atoms with Crippen LogP contribution in [0.25, 0.3) is 5.69 Å². The lowest BCUT2D eigenvalue weighted by Gasteiger charge is -2.24. The Morgan fingerprint density at radius 2 is 1.83 bits per heavy atom. The van der Waals surface area contributed by atoms with Gasteiger partial charge < -0.3 is 10.6 Å². The third-order valence-electron chi connectivity index (χ3n) is 4.97. The van der Waals surface area contributed by atoms with E-state index in [4.69, 9.17) is 11.6 Å². The van der Waals surface area contributed by atoms with E-state index < -0.39 is 5.82 Å². The number of carbonyl (C=O) groups is 1. The molecular formula is C21H21Cl2FN4O. The molecule has 1 amide bonds. The van der Waals surface area contributed by atoms with Crippen LogP contribution < -0.4 is 10.6 Å². The van der Waals surface area contributed by atoms with Crippen molar-refractivity contribution < 1.29 is 9.18 Å². The van der Waals surface area contributed by atoms with Gasteiger partial charge in [-0.25, -0.2) is 9.07 Å². The molecule has 1 saturated heterocycles. The molecule has 0 radical (unpaired) electrons. The molecule has 0 unspecified atom stereocenters. The van der Waals surface area contributed by atoms with Crippen molar-refractivity contribution >= 4 is 35.6 Å². The van der Waals surface area contributed by atoms with Gasteiger partial charge in [0.2, 0.25) is 0 Å². The number of hydrogen-bond donors (Lipinski definition) is 2. The molecule has 3 aromatic rings. The van der Waals surface area contributed by atoms with Gasteiger partial charge in [0, 0.05) is 10.9 Å². The number of aromatic nitrogens is 2. The van der Waals surface area contributed by atoms with Gasteiger partial charge in [0.05, 0.1) is 28.8 Å². The van der Waals surface area contributed by atoms with Gasteiger partial charge in [-0.3, -0.25) is 4.79 Å². The molecule has 4 rings (SSSR count). The summed E-state index contributed by atoms with van der Waals surface area (Å²) in [6, 6.07) is 13.5. The molecule has 1 aliphatic heterocycles. The Morgan fingerprint density at radius 3 is 2.52 bits per heavy atom. The molecule has 1 aliphatic rings. The Kier molecular flexibility index (Phi) is 6.90. The highest BCUT2D eigenvalue weighted by atomic mass is 35.5. The standard InChI is InChI=1S/C21H20ClFN4O.ClH/c22-15-5-7-16(8-6-15)27-20(14-9-11-24-12-10-14)17(13-25-27)21(28)26-19-4-2-1-3-18(19)23;/h1-8,13-14,24H,9-12H2,(H,26,28);1H. The van der Waals surface area contributed by atoms with Gasteiger partial charge in [0.15, 0.2) is 0 Å². The van der Waals surface area contributed by atoms with Crippen LogP contribution in [0.4, 0.5) is 10.1 Å². The molecule has 152 valence electrons. The average molecular weight is 435 g/mol. The molecule has 1 fully saturated rings. The van der Waals surface area contributed by atoms with Gasteiger partial charge in [-0.2, -0.15) is 5.10 Å². The molecule has 2 heterocycles. The minimum absolute atomic E-state index is 0. The van der Waals surface area contributed by atoms with Crippen LogP contribution in [0.5, 0.6) is 0 Å². The highest BCUT2D eigenvalue weighted by Crippen LogP contribution is 2.31. The highest BCUT2D eigenvalue weighted by molar-refractivity contribution is 6.30. The van der Waals surface area contributed by atoms with Crippen LogP contribution in [-0.4, -0.2) is 28.8 Å². The molecule has 5 nitrogen and oxygen atoms in total. The van der Waals surface area contributed by atoms with Crippen molar-refractivity contribution in [2.75, 3.05) is 18.4 Å². The fourth-order valence-corrected chi connectivity index (χ4v) is 3.69. The van der Waals surface area contributed by atoms with Crippen LogP contribution in [0, 0.1) is 5.82 Å². The third-order valence-corrected chi connectivity index (χ3v) is 5.22. The summed E-state index contributed by atoms with van der Waals surface area (Å²) < 4.78 is 15.8. The molecular weight excluding hydrogens is 414 g/mol. The summed E-state index contributed by atoms with van der Waals surface area (Å²) in [5.74, 6) is -0.649. The van der Waals surface area contributed by atoms with Gasteiger partial charge in [0.1, 0.15) is 5.82 Å². The van der Waals surface area contributed by atoms with E-state index in [1.54, 1.807) is 41.2 Å². The largest absolute Gasteiger partial charge is 0.319 e. The lowest BCUT2D eigenvalue weighted by molar-refractivity contribution is 0.102. The highest BCUT2D eigenvalue weighted by Gasteiger charge is 2.27. The number of piperidine rings is 1. The van der Waals surface area contributed by atoms with Crippen LogP contribution in [-0.2, 0) is 0 Å². The maximum Gasteiger partial charge on any atom is 0.259 e. The van der Waals surface area contributed by atoms with Crippen LogP contribution in [0.1, 0.15) is 34.8 Å². The van der Waals surface area contributed by atoms with E-state index in [9.17, 15) is 9.18 Å². The predicted octanol–water partition coefficient (Wildman–Crippen LogP) is 4.81. The minimum Gasteiger partial charge on any atom is -0.319 e. The Hall–Kier alpha value is -2.41. The summed E-state index contributed by atoms with van der Waals surface area (Å²) >= 11 is 6.01. The third kappa shape index (κ3) is 4.61. The lowest BCUT2D eigenvalue weighted by Crippen LogP contribution is -2.29. The van der Waals surface area contributed by atoms with E-state index in [2.05, 4.69) is 15.7 Å². The van der Waals surface area contributed by atoms with Crippen molar-refractivity contribution in [3.63, 3.8) is 0 Å². The smallest absolute Gasteiger partial charge is 0.259 e. The maximum atomic E-state index is 14.0. The van der Waals surface area contributed by atoms with Crippen molar-refractivity contribution in [2.24, 2.45) is 0 Å².